The number of hydrogen-bond donors (Lipinski definition) is 1. The first kappa shape index (κ1) is 11.5. The van der Waals surface area contributed by atoms with Crippen molar-refractivity contribution in [2.75, 3.05) is 0 Å². The average molecular weight is 285 g/mol. The summed E-state index contributed by atoms with van der Waals surface area (Å²) in [7, 11) is 0. The average Bonchev–Trinajstić information content (AvgIpc) is 2.15. The van der Waals surface area contributed by atoms with Crippen LogP contribution in [0.2, 0.25) is 0 Å². The Bertz CT molecular complexity index is 418. The summed E-state index contributed by atoms with van der Waals surface area (Å²) in [5.41, 5.74) is 7.03. The minimum Gasteiger partial charge on any atom is -0.324 e. The van der Waals surface area contributed by atoms with Crippen LogP contribution in [0.1, 0.15) is 30.9 Å². The number of benzene rings is 1. The van der Waals surface area contributed by atoms with Crippen molar-refractivity contribution in [1.82, 2.24) is 0 Å². The van der Waals surface area contributed by atoms with Crippen molar-refractivity contribution in [3.63, 3.8) is 0 Å². The maximum absolute atomic E-state index is 10.8. The molecule has 1 aliphatic rings. The lowest BCUT2D eigenvalue weighted by atomic mass is 9.77. The lowest BCUT2D eigenvalue weighted by Crippen LogP contribution is -2.26. The largest absolute Gasteiger partial charge is 0.324 e. The van der Waals surface area contributed by atoms with Crippen LogP contribution in [0.5, 0.6) is 0 Å². The number of nitro benzene ring substituents is 1. The smallest absolute Gasteiger partial charge is 0.283 e. The summed E-state index contributed by atoms with van der Waals surface area (Å²) in [6.45, 7) is 0. The summed E-state index contributed by atoms with van der Waals surface area (Å²) < 4.78 is 0.502. The van der Waals surface area contributed by atoms with E-state index in [1.54, 1.807) is 12.1 Å². The molecular weight excluding hydrogens is 272 g/mol. The summed E-state index contributed by atoms with van der Waals surface area (Å²) in [5, 5.41) is 10.8. The van der Waals surface area contributed by atoms with Crippen LogP contribution in [0.15, 0.2) is 22.7 Å². The van der Waals surface area contributed by atoms with Gasteiger partial charge in [0.2, 0.25) is 0 Å². The van der Waals surface area contributed by atoms with Gasteiger partial charge in [-0.15, -0.1) is 0 Å². The maximum atomic E-state index is 10.8. The number of halogens is 1. The fourth-order valence-corrected chi connectivity index (χ4v) is 2.34. The molecule has 0 aliphatic heterocycles. The van der Waals surface area contributed by atoms with Gasteiger partial charge in [-0.05, 0) is 46.3 Å². The molecule has 0 bridgehead atoms. The Morgan fingerprint density at radius 3 is 2.69 bits per heavy atom. The SMILES string of the molecule is N[C@@H](c1ccc(Br)c([N+](=O)[O-])c1)C1CCC1. The highest BCUT2D eigenvalue weighted by molar-refractivity contribution is 9.10. The molecule has 0 saturated heterocycles. The van der Waals surface area contributed by atoms with Gasteiger partial charge >= 0.3 is 0 Å². The van der Waals surface area contributed by atoms with Gasteiger partial charge in [0.05, 0.1) is 9.40 Å². The van der Waals surface area contributed by atoms with E-state index in [1.165, 1.54) is 6.42 Å². The molecule has 2 rings (SSSR count). The Morgan fingerprint density at radius 1 is 1.50 bits per heavy atom. The van der Waals surface area contributed by atoms with Gasteiger partial charge in [-0.2, -0.15) is 0 Å². The van der Waals surface area contributed by atoms with Gasteiger partial charge in [-0.3, -0.25) is 10.1 Å². The van der Waals surface area contributed by atoms with Crippen LogP contribution < -0.4 is 5.73 Å². The Kier molecular flexibility index (Phi) is 3.25. The van der Waals surface area contributed by atoms with Crippen molar-refractivity contribution in [2.24, 2.45) is 11.7 Å². The molecular formula is C11H13BrN2O2. The highest BCUT2D eigenvalue weighted by atomic mass is 79.9. The summed E-state index contributed by atoms with van der Waals surface area (Å²) in [4.78, 5) is 10.4. The first-order valence-electron chi connectivity index (χ1n) is 5.29. The van der Waals surface area contributed by atoms with E-state index in [2.05, 4.69) is 15.9 Å². The fraction of sp³-hybridized carbons (Fsp3) is 0.455. The molecule has 16 heavy (non-hydrogen) atoms. The number of nitro groups is 1. The van der Waals surface area contributed by atoms with E-state index in [1.807, 2.05) is 6.07 Å². The van der Waals surface area contributed by atoms with Gasteiger partial charge in [-0.25, -0.2) is 0 Å². The van der Waals surface area contributed by atoms with Crippen LogP contribution in [-0.4, -0.2) is 4.92 Å². The predicted octanol–water partition coefficient (Wildman–Crippen LogP) is 3.16. The van der Waals surface area contributed by atoms with Crippen LogP contribution in [-0.2, 0) is 0 Å². The molecule has 1 saturated carbocycles. The van der Waals surface area contributed by atoms with Crippen LogP contribution in [0, 0.1) is 16.0 Å². The molecule has 86 valence electrons. The Balaban J connectivity index is 2.27. The summed E-state index contributed by atoms with van der Waals surface area (Å²) >= 11 is 3.17. The van der Waals surface area contributed by atoms with E-state index >= 15 is 0 Å². The molecule has 1 aromatic rings. The van der Waals surface area contributed by atoms with Crippen molar-refractivity contribution in [1.29, 1.82) is 0 Å². The van der Waals surface area contributed by atoms with Crippen LogP contribution in [0.3, 0.4) is 0 Å². The third-order valence-corrected chi connectivity index (χ3v) is 3.88. The zero-order valence-electron chi connectivity index (χ0n) is 8.73. The molecule has 0 unspecified atom stereocenters. The molecule has 1 fully saturated rings. The number of rotatable bonds is 3. The molecule has 1 aromatic carbocycles. The van der Waals surface area contributed by atoms with Gasteiger partial charge in [0.25, 0.3) is 5.69 Å². The van der Waals surface area contributed by atoms with E-state index in [9.17, 15) is 10.1 Å². The zero-order valence-corrected chi connectivity index (χ0v) is 10.3. The minimum atomic E-state index is -0.388. The van der Waals surface area contributed by atoms with E-state index in [0.29, 0.717) is 10.4 Å². The zero-order chi connectivity index (χ0) is 11.7. The second-order valence-electron chi connectivity index (χ2n) is 4.18. The monoisotopic (exact) mass is 284 g/mol. The molecule has 0 heterocycles. The predicted molar refractivity (Wildman–Crippen MR) is 65.1 cm³/mol. The number of nitrogens with zero attached hydrogens (tertiary/aromatic N) is 1. The molecule has 5 heteroatoms. The van der Waals surface area contributed by atoms with Gasteiger partial charge in [-0.1, -0.05) is 12.5 Å². The highest BCUT2D eigenvalue weighted by Gasteiger charge is 2.26. The van der Waals surface area contributed by atoms with Gasteiger partial charge in [0.15, 0.2) is 0 Å². The Labute approximate surface area is 102 Å². The lowest BCUT2D eigenvalue weighted by molar-refractivity contribution is -0.385. The van der Waals surface area contributed by atoms with Crippen molar-refractivity contribution < 1.29 is 4.92 Å². The Hall–Kier alpha value is -0.940. The molecule has 1 atom stereocenters. The molecule has 0 radical (unpaired) electrons. The first-order chi connectivity index (χ1) is 7.59. The topological polar surface area (TPSA) is 69.2 Å². The highest BCUT2D eigenvalue weighted by Crippen LogP contribution is 2.38. The van der Waals surface area contributed by atoms with Gasteiger partial charge in [0.1, 0.15) is 0 Å². The van der Waals surface area contributed by atoms with Gasteiger partial charge < -0.3 is 5.73 Å². The molecule has 1 aliphatic carbocycles. The van der Waals surface area contributed by atoms with Crippen LogP contribution in [0.4, 0.5) is 5.69 Å². The van der Waals surface area contributed by atoms with Gasteiger partial charge in [0, 0.05) is 12.1 Å². The van der Waals surface area contributed by atoms with E-state index in [0.717, 1.165) is 18.4 Å². The van der Waals surface area contributed by atoms with E-state index in [4.69, 9.17) is 5.73 Å². The third kappa shape index (κ3) is 2.10. The normalized spacial score (nSPS) is 17.9. The van der Waals surface area contributed by atoms with E-state index in [-0.39, 0.29) is 16.7 Å². The van der Waals surface area contributed by atoms with Crippen molar-refractivity contribution in [3.05, 3.63) is 38.3 Å². The maximum Gasteiger partial charge on any atom is 0.283 e. The molecule has 0 aromatic heterocycles. The standard InChI is InChI=1S/C11H13BrN2O2/c12-9-5-4-8(6-10(9)14(15)16)11(13)7-2-1-3-7/h4-7,11H,1-3,13H2/t11-/m1/s1. The van der Waals surface area contributed by atoms with Crippen LogP contribution in [0.25, 0.3) is 0 Å². The summed E-state index contributed by atoms with van der Waals surface area (Å²) in [6, 6.07) is 5.07. The van der Waals surface area contributed by atoms with Crippen molar-refractivity contribution in [2.45, 2.75) is 25.3 Å². The minimum absolute atomic E-state index is 0.0689. The molecule has 4 nitrogen and oxygen atoms in total. The second kappa shape index (κ2) is 4.51. The fourth-order valence-electron chi connectivity index (χ4n) is 1.95. The molecule has 0 spiro atoms. The quantitative estimate of drug-likeness (QED) is 0.685. The number of nitrogens with two attached hydrogens (primary N) is 1. The Morgan fingerprint density at radius 2 is 2.19 bits per heavy atom. The molecule has 2 N–H and O–H groups in total. The first-order valence-corrected chi connectivity index (χ1v) is 6.08. The second-order valence-corrected chi connectivity index (χ2v) is 5.04. The molecule has 0 amide bonds. The number of hydrogen-bond acceptors (Lipinski definition) is 3. The summed E-state index contributed by atoms with van der Waals surface area (Å²) in [5.74, 6) is 0.487. The summed E-state index contributed by atoms with van der Waals surface area (Å²) in [6.07, 6.45) is 3.48. The van der Waals surface area contributed by atoms with Crippen molar-refractivity contribution >= 4 is 21.6 Å². The lowest BCUT2D eigenvalue weighted by Gasteiger charge is -2.31. The third-order valence-electron chi connectivity index (χ3n) is 3.21. The van der Waals surface area contributed by atoms with E-state index < -0.39 is 0 Å². The van der Waals surface area contributed by atoms with Crippen molar-refractivity contribution in [3.8, 4) is 0 Å². The van der Waals surface area contributed by atoms with Crippen LogP contribution >= 0.6 is 15.9 Å².